The lowest BCUT2D eigenvalue weighted by Crippen LogP contribution is -2.53. The van der Waals surface area contributed by atoms with Crippen molar-refractivity contribution in [2.75, 3.05) is 10.3 Å². The van der Waals surface area contributed by atoms with E-state index in [1.807, 2.05) is 25.1 Å². The van der Waals surface area contributed by atoms with Gasteiger partial charge in [0.15, 0.2) is 0 Å². The van der Waals surface area contributed by atoms with Crippen molar-refractivity contribution in [2.24, 2.45) is 23.7 Å². The van der Waals surface area contributed by atoms with Crippen molar-refractivity contribution in [1.82, 2.24) is 5.01 Å². The molecule has 4 aromatic carbocycles. The van der Waals surface area contributed by atoms with E-state index >= 15 is 4.79 Å². The number of fused-ring (bicyclic) bond motifs is 4. The molecule has 0 spiro atoms. The van der Waals surface area contributed by atoms with Crippen molar-refractivity contribution in [3.05, 3.63) is 136 Å². The molecule has 258 valence electrons. The van der Waals surface area contributed by atoms with Crippen molar-refractivity contribution in [3.8, 4) is 5.75 Å². The number of hydrogen-bond acceptors (Lipinski definition) is 6. The maximum atomic E-state index is 15.2. The molecule has 6 atom stereocenters. The smallest absolute Gasteiger partial charge is 0.260 e. The van der Waals surface area contributed by atoms with E-state index in [4.69, 9.17) is 11.6 Å². The average Bonchev–Trinajstić information content (AvgIpc) is 3.51. The third kappa shape index (κ3) is 4.85. The molecule has 4 aliphatic rings. The highest BCUT2D eigenvalue weighted by Crippen LogP contribution is 2.65. The van der Waals surface area contributed by atoms with Crippen LogP contribution in [0, 0.1) is 36.4 Å². The molecule has 10 heteroatoms. The summed E-state index contributed by atoms with van der Waals surface area (Å²) in [6.07, 6.45) is 3.13. The highest BCUT2D eigenvalue weighted by Gasteiger charge is 2.70. The molecule has 0 aromatic heterocycles. The van der Waals surface area contributed by atoms with E-state index in [9.17, 15) is 23.9 Å². The minimum absolute atomic E-state index is 0.0186. The van der Waals surface area contributed by atoms with Crippen LogP contribution in [0.5, 0.6) is 5.75 Å². The fraction of sp³-hybridized carbons (Fsp3) is 0.268. The quantitative estimate of drug-likeness (QED) is 0.162. The second kappa shape index (κ2) is 12.2. The number of nitrogens with zero attached hydrogens (tertiary/aromatic N) is 2. The SMILES string of the molecule is CCc1ccc(N2C(=O)C3CC=C4C(CC5C(=O)N(Nc6ccc(F)cc6)C(=O)C5(c5ccc(Cl)cc5)C4c4cccc(C)c4O)C3C2=O)cc1. The molecule has 3 fully saturated rings. The molecular formula is C41H35ClFN3O5. The van der Waals surface area contributed by atoms with E-state index < -0.39 is 52.6 Å². The number of allylic oxidation sites excluding steroid dienone is 2. The van der Waals surface area contributed by atoms with Gasteiger partial charge in [0.1, 0.15) is 11.6 Å². The number of benzene rings is 4. The number of hydrazine groups is 1. The Kier molecular flexibility index (Phi) is 7.87. The van der Waals surface area contributed by atoms with Crippen LogP contribution in [0.2, 0.25) is 5.02 Å². The standard InChI is InChI=1S/C41H35ClFN3O5/c1-3-23-7-17-28(18-8-23)45-37(48)30-20-19-29-32(34(30)39(45)50)21-33-38(49)46(44-27-15-13-26(43)14-16-27)40(51)41(33,24-9-11-25(42)12-10-24)35(29)31-6-4-5-22(2)36(31)47/h4-19,30,32-35,44,47H,3,20-21H2,1-2H3. The number of phenols is 1. The first-order valence-corrected chi connectivity index (χ1v) is 17.6. The molecule has 4 aromatic rings. The lowest BCUT2D eigenvalue weighted by molar-refractivity contribution is -0.138. The van der Waals surface area contributed by atoms with Crippen molar-refractivity contribution in [3.63, 3.8) is 0 Å². The summed E-state index contributed by atoms with van der Waals surface area (Å²) in [6.45, 7) is 3.80. The van der Waals surface area contributed by atoms with E-state index in [1.165, 1.54) is 29.2 Å². The van der Waals surface area contributed by atoms with E-state index in [-0.39, 0.29) is 30.4 Å². The van der Waals surface area contributed by atoms with Crippen molar-refractivity contribution in [2.45, 2.75) is 44.4 Å². The number of nitrogens with one attached hydrogen (secondary N) is 1. The summed E-state index contributed by atoms with van der Waals surface area (Å²) in [4.78, 5) is 59.8. The van der Waals surface area contributed by atoms with Crippen LogP contribution in [0.1, 0.15) is 47.9 Å². The number of carbonyl (C=O) groups excluding carboxylic acids is 4. The topological polar surface area (TPSA) is 107 Å². The molecule has 2 saturated heterocycles. The highest BCUT2D eigenvalue weighted by molar-refractivity contribution is 6.30. The average molecular weight is 704 g/mol. The molecule has 2 N–H and O–H groups in total. The molecule has 0 bridgehead atoms. The number of anilines is 2. The van der Waals surface area contributed by atoms with Gasteiger partial charge in [-0.25, -0.2) is 4.39 Å². The number of imide groups is 2. The lowest BCUT2D eigenvalue weighted by Gasteiger charge is -2.50. The summed E-state index contributed by atoms with van der Waals surface area (Å²) < 4.78 is 13.9. The summed E-state index contributed by atoms with van der Waals surface area (Å²) in [5.74, 6) is -6.10. The monoisotopic (exact) mass is 703 g/mol. The molecule has 4 amide bonds. The second-order valence-electron chi connectivity index (χ2n) is 13.9. The molecule has 6 unspecified atom stereocenters. The number of aryl methyl sites for hydroxylation is 2. The predicted octanol–water partition coefficient (Wildman–Crippen LogP) is 7.25. The molecule has 8 rings (SSSR count). The van der Waals surface area contributed by atoms with E-state index in [2.05, 4.69) is 5.43 Å². The Bertz CT molecular complexity index is 2130. The molecule has 2 aliphatic carbocycles. The van der Waals surface area contributed by atoms with Gasteiger partial charge >= 0.3 is 0 Å². The molecule has 8 nitrogen and oxygen atoms in total. The number of carbonyl (C=O) groups is 4. The van der Waals surface area contributed by atoms with Crippen molar-refractivity contribution < 1.29 is 28.7 Å². The Labute approximate surface area is 299 Å². The van der Waals surface area contributed by atoms with Crippen LogP contribution in [0.3, 0.4) is 0 Å². The summed E-state index contributed by atoms with van der Waals surface area (Å²) in [7, 11) is 0. The summed E-state index contributed by atoms with van der Waals surface area (Å²) in [5, 5.41) is 13.2. The Morgan fingerprint density at radius 2 is 1.59 bits per heavy atom. The van der Waals surface area contributed by atoms with E-state index in [0.29, 0.717) is 33.1 Å². The van der Waals surface area contributed by atoms with Gasteiger partial charge in [-0.15, -0.1) is 0 Å². The Morgan fingerprint density at radius 1 is 0.882 bits per heavy atom. The van der Waals surface area contributed by atoms with Gasteiger partial charge < -0.3 is 5.11 Å². The maximum Gasteiger partial charge on any atom is 0.260 e. The highest BCUT2D eigenvalue weighted by atomic mass is 35.5. The lowest BCUT2D eigenvalue weighted by atomic mass is 9.49. The van der Waals surface area contributed by atoms with Crippen LogP contribution in [-0.4, -0.2) is 33.7 Å². The zero-order valence-corrected chi connectivity index (χ0v) is 28.7. The molecule has 2 heterocycles. The van der Waals surface area contributed by atoms with Crippen LogP contribution in [-0.2, 0) is 31.0 Å². The van der Waals surface area contributed by atoms with Gasteiger partial charge in [0.25, 0.3) is 11.8 Å². The summed E-state index contributed by atoms with van der Waals surface area (Å²) in [6, 6.07) is 24.9. The normalized spacial score (nSPS) is 26.9. The van der Waals surface area contributed by atoms with Gasteiger partial charge in [0.2, 0.25) is 11.8 Å². The van der Waals surface area contributed by atoms with Gasteiger partial charge in [-0.3, -0.25) is 29.5 Å². The predicted molar refractivity (Wildman–Crippen MR) is 190 cm³/mol. The van der Waals surface area contributed by atoms with Gasteiger partial charge in [0, 0.05) is 16.5 Å². The fourth-order valence-corrected chi connectivity index (χ4v) is 9.18. The van der Waals surface area contributed by atoms with Crippen LogP contribution in [0.4, 0.5) is 15.8 Å². The number of amides is 4. The molecule has 51 heavy (non-hydrogen) atoms. The van der Waals surface area contributed by atoms with Gasteiger partial charge in [0.05, 0.1) is 34.5 Å². The minimum Gasteiger partial charge on any atom is -0.507 e. The van der Waals surface area contributed by atoms with Crippen LogP contribution in [0.15, 0.2) is 103 Å². The number of hydrogen-bond donors (Lipinski definition) is 2. The van der Waals surface area contributed by atoms with Crippen LogP contribution >= 0.6 is 11.6 Å². The third-order valence-corrected chi connectivity index (χ3v) is 11.7. The second-order valence-corrected chi connectivity index (χ2v) is 14.4. The fourth-order valence-electron chi connectivity index (χ4n) is 9.05. The number of halogens is 2. The first kappa shape index (κ1) is 32.9. The molecule has 1 saturated carbocycles. The zero-order valence-electron chi connectivity index (χ0n) is 28.0. The van der Waals surface area contributed by atoms with Crippen molar-refractivity contribution >= 4 is 46.6 Å². The van der Waals surface area contributed by atoms with Crippen LogP contribution < -0.4 is 10.3 Å². The van der Waals surface area contributed by atoms with Gasteiger partial charge in [-0.2, -0.15) is 5.01 Å². The first-order valence-electron chi connectivity index (χ1n) is 17.2. The Balaban J connectivity index is 1.32. The van der Waals surface area contributed by atoms with E-state index in [0.717, 1.165) is 22.6 Å². The molecule has 2 aliphatic heterocycles. The van der Waals surface area contributed by atoms with Gasteiger partial charge in [-0.1, -0.05) is 72.6 Å². The number of phenolic OH excluding ortho intramolecular Hbond substituents is 1. The van der Waals surface area contributed by atoms with Gasteiger partial charge in [-0.05, 0) is 97.3 Å². The van der Waals surface area contributed by atoms with Crippen LogP contribution in [0.25, 0.3) is 0 Å². The maximum absolute atomic E-state index is 15.2. The molecular weight excluding hydrogens is 669 g/mol. The largest absolute Gasteiger partial charge is 0.507 e. The number of para-hydroxylation sites is 1. The van der Waals surface area contributed by atoms with Crippen molar-refractivity contribution in [1.29, 1.82) is 0 Å². The van der Waals surface area contributed by atoms with E-state index in [1.54, 1.807) is 61.5 Å². The summed E-state index contributed by atoms with van der Waals surface area (Å²) >= 11 is 6.36. The minimum atomic E-state index is -1.57. The Morgan fingerprint density at radius 3 is 2.27 bits per heavy atom. The Hall–Kier alpha value is -5.28. The first-order chi connectivity index (χ1) is 24.6. The zero-order chi connectivity index (χ0) is 35.8. The summed E-state index contributed by atoms with van der Waals surface area (Å²) in [5.41, 5.74) is 5.56. The molecule has 0 radical (unpaired) electrons. The number of rotatable bonds is 6. The third-order valence-electron chi connectivity index (χ3n) is 11.4. The number of aromatic hydroxyl groups is 1.